The smallest absolute Gasteiger partial charge is 0.178 e. The molecule has 5 aromatic rings. The van der Waals surface area contributed by atoms with Crippen molar-refractivity contribution < 1.29 is 9.47 Å². The SMILES string of the molecule is COc1cc2c3c(c4c(c2cc1N1CCNCC1)-c1ccccc1C4(C)C)C=CC(c1ccccc1)(c1ccc(N2CCC(N4CCCCC4)CC2)cc1)O3. The van der Waals surface area contributed by atoms with Crippen LogP contribution in [0.15, 0.2) is 97.1 Å². The molecule has 6 heteroatoms. The minimum Gasteiger partial charge on any atom is -0.495 e. The van der Waals surface area contributed by atoms with Gasteiger partial charge in [0.1, 0.15) is 11.5 Å². The van der Waals surface area contributed by atoms with Gasteiger partial charge in [0.15, 0.2) is 5.60 Å². The highest BCUT2D eigenvalue weighted by Crippen LogP contribution is 2.59. The number of piperazine rings is 1. The number of hydrogen-bond acceptors (Lipinski definition) is 6. The van der Waals surface area contributed by atoms with E-state index >= 15 is 0 Å². The Labute approximate surface area is 326 Å². The Balaban J connectivity index is 1.10. The van der Waals surface area contributed by atoms with Crippen LogP contribution >= 0.6 is 0 Å². The van der Waals surface area contributed by atoms with Crippen LogP contribution < -0.4 is 24.6 Å². The number of ether oxygens (including phenoxy) is 2. The van der Waals surface area contributed by atoms with Crippen LogP contribution in [0.4, 0.5) is 11.4 Å². The lowest BCUT2D eigenvalue weighted by molar-refractivity contribution is 0.141. The third-order valence-corrected chi connectivity index (χ3v) is 13.5. The maximum Gasteiger partial charge on any atom is 0.178 e. The highest BCUT2D eigenvalue weighted by atomic mass is 16.5. The van der Waals surface area contributed by atoms with Gasteiger partial charge in [-0.2, -0.15) is 0 Å². The average Bonchev–Trinajstić information content (AvgIpc) is 3.50. The van der Waals surface area contributed by atoms with Gasteiger partial charge in [-0.15, -0.1) is 0 Å². The van der Waals surface area contributed by atoms with Crippen molar-refractivity contribution in [2.24, 2.45) is 0 Å². The average molecular weight is 731 g/mol. The molecule has 0 spiro atoms. The molecule has 0 amide bonds. The standard InChI is InChI=1S/C49H54N4O2/c1-48(2)42-15-9-8-14-38(42)45-40-32-43(53-30-24-50-25-31-53)44(54-3)33-41(40)47-39(46(45)48)20-23-49(55-47,34-12-6-4-7-13-34)35-16-18-36(19-17-35)52-28-21-37(22-29-52)51-26-10-5-11-27-51/h4,6-9,12-20,23,32-33,37,50H,5,10-11,21-22,24-31H2,1-3H3. The van der Waals surface area contributed by atoms with Crippen LogP contribution in [0.5, 0.6) is 11.5 Å². The van der Waals surface area contributed by atoms with Crippen molar-refractivity contribution in [2.75, 3.05) is 69.3 Å². The van der Waals surface area contributed by atoms with Gasteiger partial charge in [0.05, 0.1) is 12.8 Å². The van der Waals surface area contributed by atoms with Crippen molar-refractivity contribution >= 4 is 28.2 Å². The molecule has 1 aliphatic carbocycles. The van der Waals surface area contributed by atoms with E-state index in [1.165, 1.54) is 84.1 Å². The zero-order valence-corrected chi connectivity index (χ0v) is 32.7. The van der Waals surface area contributed by atoms with E-state index in [4.69, 9.17) is 9.47 Å². The van der Waals surface area contributed by atoms with Crippen LogP contribution in [0.1, 0.15) is 73.8 Å². The first-order chi connectivity index (χ1) is 27.0. The first-order valence-corrected chi connectivity index (χ1v) is 20.8. The lowest BCUT2D eigenvalue weighted by Crippen LogP contribution is -2.46. The van der Waals surface area contributed by atoms with E-state index in [1.54, 1.807) is 7.11 Å². The number of rotatable bonds is 6. The van der Waals surface area contributed by atoms with Crippen LogP contribution in [-0.4, -0.2) is 70.4 Å². The molecule has 55 heavy (non-hydrogen) atoms. The van der Waals surface area contributed by atoms with Gasteiger partial charge in [-0.1, -0.05) is 93.1 Å². The third-order valence-electron chi connectivity index (χ3n) is 13.5. The molecule has 0 radical (unpaired) electrons. The lowest BCUT2D eigenvalue weighted by Gasteiger charge is -2.41. The molecule has 0 aromatic heterocycles. The summed E-state index contributed by atoms with van der Waals surface area (Å²) in [6.07, 6.45) is 11.3. The fourth-order valence-corrected chi connectivity index (χ4v) is 10.6. The van der Waals surface area contributed by atoms with Gasteiger partial charge in [0, 0.05) is 78.5 Å². The van der Waals surface area contributed by atoms with Gasteiger partial charge in [-0.3, -0.25) is 0 Å². The van der Waals surface area contributed by atoms with Gasteiger partial charge in [-0.25, -0.2) is 0 Å². The molecule has 5 aromatic carbocycles. The Morgan fingerprint density at radius 3 is 2.18 bits per heavy atom. The third kappa shape index (κ3) is 5.66. The van der Waals surface area contributed by atoms with E-state index in [9.17, 15) is 0 Å². The van der Waals surface area contributed by atoms with Crippen LogP contribution in [0.2, 0.25) is 0 Å². The number of piperidine rings is 2. The van der Waals surface area contributed by atoms with Crippen molar-refractivity contribution in [1.29, 1.82) is 0 Å². The van der Waals surface area contributed by atoms with Crippen molar-refractivity contribution in [3.05, 3.63) is 125 Å². The number of likely N-dealkylation sites (tertiary alicyclic amines) is 1. The summed E-state index contributed by atoms with van der Waals surface area (Å²) < 4.78 is 13.9. The molecule has 4 aliphatic heterocycles. The lowest BCUT2D eigenvalue weighted by atomic mass is 9.76. The van der Waals surface area contributed by atoms with Gasteiger partial charge in [0.25, 0.3) is 0 Å². The largest absolute Gasteiger partial charge is 0.495 e. The van der Waals surface area contributed by atoms with Gasteiger partial charge in [-0.05, 0) is 96.8 Å². The van der Waals surface area contributed by atoms with Crippen LogP contribution in [0.3, 0.4) is 0 Å². The monoisotopic (exact) mass is 730 g/mol. The zero-order chi connectivity index (χ0) is 37.1. The maximum absolute atomic E-state index is 7.69. The molecule has 1 unspecified atom stereocenters. The molecular weight excluding hydrogens is 677 g/mol. The summed E-state index contributed by atoms with van der Waals surface area (Å²) in [6.45, 7) is 13.4. The van der Waals surface area contributed by atoms with Crippen molar-refractivity contribution in [2.45, 2.75) is 63.0 Å². The predicted octanol–water partition coefficient (Wildman–Crippen LogP) is 9.37. The molecule has 0 bridgehead atoms. The second kappa shape index (κ2) is 13.8. The van der Waals surface area contributed by atoms with Crippen LogP contribution in [-0.2, 0) is 11.0 Å². The van der Waals surface area contributed by atoms with Gasteiger partial charge < -0.3 is 29.5 Å². The summed E-state index contributed by atoms with van der Waals surface area (Å²) in [5.74, 6) is 1.81. The fourth-order valence-electron chi connectivity index (χ4n) is 10.6. The molecule has 6 nitrogen and oxygen atoms in total. The molecular formula is C49H54N4O2. The van der Waals surface area contributed by atoms with Crippen molar-refractivity contribution in [3.8, 4) is 22.6 Å². The summed E-state index contributed by atoms with van der Waals surface area (Å²) >= 11 is 0. The van der Waals surface area contributed by atoms with E-state index in [1.807, 2.05) is 0 Å². The van der Waals surface area contributed by atoms with Gasteiger partial charge >= 0.3 is 0 Å². The first-order valence-electron chi connectivity index (χ1n) is 20.8. The Morgan fingerprint density at radius 1 is 0.727 bits per heavy atom. The Hall–Kier alpha value is -4.78. The molecule has 4 heterocycles. The normalized spacial score (nSPS) is 22.2. The van der Waals surface area contributed by atoms with Gasteiger partial charge in [0.2, 0.25) is 0 Å². The van der Waals surface area contributed by atoms with E-state index in [0.717, 1.165) is 79.0 Å². The van der Waals surface area contributed by atoms with E-state index in [0.29, 0.717) is 0 Å². The molecule has 3 fully saturated rings. The number of methoxy groups -OCH3 is 1. The second-order valence-corrected chi connectivity index (χ2v) is 16.9. The summed E-state index contributed by atoms with van der Waals surface area (Å²) in [5, 5.41) is 5.84. The van der Waals surface area contributed by atoms with E-state index in [-0.39, 0.29) is 5.41 Å². The summed E-state index contributed by atoms with van der Waals surface area (Å²) in [7, 11) is 1.80. The Morgan fingerprint density at radius 2 is 1.44 bits per heavy atom. The maximum atomic E-state index is 7.69. The van der Waals surface area contributed by atoms with E-state index in [2.05, 4.69) is 137 Å². The molecule has 282 valence electrons. The molecule has 3 saturated heterocycles. The minimum absolute atomic E-state index is 0.205. The summed E-state index contributed by atoms with van der Waals surface area (Å²) in [4.78, 5) is 7.82. The van der Waals surface area contributed by atoms with Crippen LogP contribution in [0, 0.1) is 0 Å². The number of anilines is 2. The summed E-state index contributed by atoms with van der Waals surface area (Å²) in [5.41, 5.74) is 10.2. The molecule has 0 saturated carbocycles. The molecule has 5 aliphatic rings. The number of hydrogen-bond donors (Lipinski definition) is 1. The quantitative estimate of drug-likeness (QED) is 0.188. The molecule has 1 atom stereocenters. The number of nitrogens with zero attached hydrogens (tertiary/aromatic N) is 3. The summed E-state index contributed by atoms with van der Waals surface area (Å²) in [6, 6.07) is 34.5. The number of benzene rings is 5. The molecule has 1 N–H and O–H groups in total. The van der Waals surface area contributed by atoms with E-state index < -0.39 is 5.60 Å². The minimum atomic E-state index is -0.810. The second-order valence-electron chi connectivity index (χ2n) is 16.9. The fraction of sp³-hybridized carbons (Fsp3) is 0.388. The van der Waals surface area contributed by atoms with Crippen molar-refractivity contribution in [3.63, 3.8) is 0 Å². The number of nitrogens with one attached hydrogen (secondary N) is 1. The molecule has 10 rings (SSSR count). The Bertz CT molecular complexity index is 2240. The Kier molecular flexibility index (Phi) is 8.68. The van der Waals surface area contributed by atoms with Crippen LogP contribution in [0.25, 0.3) is 28.0 Å². The van der Waals surface area contributed by atoms with Crippen molar-refractivity contribution in [1.82, 2.24) is 10.2 Å². The highest BCUT2D eigenvalue weighted by Gasteiger charge is 2.44. The number of fused-ring (bicyclic) bond motifs is 8. The topological polar surface area (TPSA) is 40.2 Å². The highest BCUT2D eigenvalue weighted by molar-refractivity contribution is 6.10. The predicted molar refractivity (Wildman–Crippen MR) is 227 cm³/mol. The first kappa shape index (κ1) is 34.7. The zero-order valence-electron chi connectivity index (χ0n) is 32.7.